The van der Waals surface area contributed by atoms with Gasteiger partial charge in [-0.25, -0.2) is 8.42 Å². The molecule has 0 aliphatic heterocycles. The first kappa shape index (κ1) is 22.3. The number of sulfonamides is 1. The van der Waals surface area contributed by atoms with E-state index >= 15 is 0 Å². The molecule has 6 nitrogen and oxygen atoms in total. The standard InChI is InChI=1S/C24H24N2O4S/c1-26(18-19-8-4-3-5-9-19)31(28,29)22-15-13-21(14-16-22)25-24(27)17-12-20-10-6-7-11-23(20)30-2/h3-17H,18H2,1-2H3,(H,25,27)/b17-12+. The molecule has 0 spiro atoms. The second-order valence-corrected chi connectivity index (χ2v) is 8.88. The minimum atomic E-state index is -3.64. The van der Waals surface area contributed by atoms with Crippen molar-refractivity contribution in [2.75, 3.05) is 19.5 Å². The van der Waals surface area contributed by atoms with Crippen molar-refractivity contribution in [1.82, 2.24) is 4.31 Å². The lowest BCUT2D eigenvalue weighted by Gasteiger charge is -2.17. The Kier molecular flexibility index (Phi) is 7.23. The molecule has 0 unspecified atom stereocenters. The summed E-state index contributed by atoms with van der Waals surface area (Å²) in [6.07, 6.45) is 3.06. The van der Waals surface area contributed by atoms with Crippen LogP contribution in [0.1, 0.15) is 11.1 Å². The van der Waals surface area contributed by atoms with E-state index in [0.29, 0.717) is 11.4 Å². The lowest BCUT2D eigenvalue weighted by molar-refractivity contribution is -0.111. The molecule has 0 fully saturated rings. The summed E-state index contributed by atoms with van der Waals surface area (Å²) in [5, 5.41) is 2.72. The zero-order valence-corrected chi connectivity index (χ0v) is 18.2. The molecule has 1 N–H and O–H groups in total. The lowest BCUT2D eigenvalue weighted by atomic mass is 10.2. The fourth-order valence-corrected chi connectivity index (χ4v) is 4.13. The average molecular weight is 437 g/mol. The van der Waals surface area contributed by atoms with Gasteiger partial charge in [0.15, 0.2) is 0 Å². The number of rotatable bonds is 8. The van der Waals surface area contributed by atoms with Gasteiger partial charge in [-0.3, -0.25) is 4.79 Å². The minimum Gasteiger partial charge on any atom is -0.496 e. The fraction of sp³-hybridized carbons (Fsp3) is 0.125. The summed E-state index contributed by atoms with van der Waals surface area (Å²) >= 11 is 0. The number of carbonyl (C=O) groups excluding carboxylic acids is 1. The van der Waals surface area contributed by atoms with E-state index in [-0.39, 0.29) is 17.3 Å². The second kappa shape index (κ2) is 10.1. The first-order chi connectivity index (χ1) is 14.9. The summed E-state index contributed by atoms with van der Waals surface area (Å²) in [6.45, 7) is 0.273. The predicted octanol–water partition coefficient (Wildman–Crippen LogP) is 4.17. The van der Waals surface area contributed by atoms with E-state index in [4.69, 9.17) is 4.74 Å². The van der Waals surface area contributed by atoms with E-state index in [1.165, 1.54) is 22.5 Å². The van der Waals surface area contributed by atoms with Crippen LogP contribution in [0.15, 0.2) is 89.8 Å². The normalized spacial score (nSPS) is 11.6. The smallest absolute Gasteiger partial charge is 0.248 e. The molecular formula is C24H24N2O4S. The molecule has 0 radical (unpaired) electrons. The average Bonchev–Trinajstić information content (AvgIpc) is 2.79. The van der Waals surface area contributed by atoms with E-state index in [1.54, 1.807) is 32.4 Å². The topological polar surface area (TPSA) is 75.7 Å². The van der Waals surface area contributed by atoms with Gasteiger partial charge in [-0.15, -0.1) is 0 Å². The van der Waals surface area contributed by atoms with Crippen molar-refractivity contribution in [3.05, 3.63) is 96.1 Å². The number of nitrogens with zero attached hydrogens (tertiary/aromatic N) is 1. The SMILES string of the molecule is COc1ccccc1/C=C/C(=O)Nc1ccc(S(=O)(=O)N(C)Cc2ccccc2)cc1. The highest BCUT2D eigenvalue weighted by Gasteiger charge is 2.20. The number of carbonyl (C=O) groups is 1. The van der Waals surface area contributed by atoms with Crippen LogP contribution in [-0.2, 0) is 21.4 Å². The Hall–Kier alpha value is -3.42. The van der Waals surface area contributed by atoms with Gasteiger partial charge >= 0.3 is 0 Å². The van der Waals surface area contributed by atoms with Gasteiger partial charge in [-0.1, -0.05) is 48.5 Å². The Labute approximate surface area is 182 Å². The Morgan fingerprint density at radius 1 is 0.968 bits per heavy atom. The third-order valence-corrected chi connectivity index (χ3v) is 6.45. The molecule has 3 aromatic rings. The van der Waals surface area contributed by atoms with Crippen LogP contribution in [0.4, 0.5) is 5.69 Å². The molecule has 0 saturated heterocycles. The molecule has 0 heterocycles. The lowest BCUT2D eigenvalue weighted by Crippen LogP contribution is -2.26. The monoisotopic (exact) mass is 436 g/mol. The highest BCUT2D eigenvalue weighted by Crippen LogP contribution is 2.20. The number of ether oxygens (including phenoxy) is 1. The maximum atomic E-state index is 12.8. The van der Waals surface area contributed by atoms with Gasteiger partial charge in [0.05, 0.1) is 12.0 Å². The molecule has 0 aromatic heterocycles. The van der Waals surface area contributed by atoms with Crippen molar-refractivity contribution in [1.29, 1.82) is 0 Å². The second-order valence-electron chi connectivity index (χ2n) is 6.84. The minimum absolute atomic E-state index is 0.161. The van der Waals surface area contributed by atoms with Crippen LogP contribution in [0.3, 0.4) is 0 Å². The molecule has 0 atom stereocenters. The van der Waals surface area contributed by atoms with Crippen molar-refractivity contribution < 1.29 is 17.9 Å². The molecule has 3 rings (SSSR count). The van der Waals surface area contributed by atoms with Crippen LogP contribution < -0.4 is 10.1 Å². The Morgan fingerprint density at radius 3 is 2.29 bits per heavy atom. The number of benzene rings is 3. The van der Waals surface area contributed by atoms with Gasteiger partial charge in [-0.05, 0) is 42.0 Å². The number of methoxy groups -OCH3 is 1. The maximum Gasteiger partial charge on any atom is 0.248 e. The van der Waals surface area contributed by atoms with Crippen molar-refractivity contribution in [3.63, 3.8) is 0 Å². The van der Waals surface area contributed by atoms with Crippen LogP contribution in [0, 0.1) is 0 Å². The van der Waals surface area contributed by atoms with E-state index in [0.717, 1.165) is 11.1 Å². The number of anilines is 1. The van der Waals surface area contributed by atoms with Crippen molar-refractivity contribution in [2.24, 2.45) is 0 Å². The van der Waals surface area contributed by atoms with E-state index < -0.39 is 10.0 Å². The van der Waals surface area contributed by atoms with Gasteiger partial charge in [0.25, 0.3) is 0 Å². The number of hydrogen-bond acceptors (Lipinski definition) is 4. The quantitative estimate of drug-likeness (QED) is 0.538. The summed E-state index contributed by atoms with van der Waals surface area (Å²) in [5.41, 5.74) is 2.18. The third kappa shape index (κ3) is 5.81. The van der Waals surface area contributed by atoms with E-state index in [9.17, 15) is 13.2 Å². The van der Waals surface area contributed by atoms with Gasteiger partial charge in [0.1, 0.15) is 5.75 Å². The first-order valence-corrected chi connectivity index (χ1v) is 11.1. The molecule has 0 aliphatic rings. The van der Waals surface area contributed by atoms with Crippen molar-refractivity contribution in [2.45, 2.75) is 11.4 Å². The first-order valence-electron chi connectivity index (χ1n) is 9.62. The zero-order valence-electron chi connectivity index (χ0n) is 17.4. The third-order valence-electron chi connectivity index (χ3n) is 4.63. The van der Waals surface area contributed by atoms with E-state index in [2.05, 4.69) is 5.32 Å². The summed E-state index contributed by atoms with van der Waals surface area (Å²) < 4.78 is 32.2. The summed E-state index contributed by atoms with van der Waals surface area (Å²) in [7, 11) is -0.532. The molecule has 0 saturated carbocycles. The molecule has 0 aliphatic carbocycles. The van der Waals surface area contributed by atoms with Crippen LogP contribution in [0.2, 0.25) is 0 Å². The van der Waals surface area contributed by atoms with Gasteiger partial charge in [-0.2, -0.15) is 4.31 Å². The highest BCUT2D eigenvalue weighted by molar-refractivity contribution is 7.89. The Balaban J connectivity index is 1.65. The van der Waals surface area contributed by atoms with Crippen molar-refractivity contribution in [3.8, 4) is 5.75 Å². The predicted molar refractivity (Wildman–Crippen MR) is 122 cm³/mol. The van der Waals surface area contributed by atoms with Crippen LogP contribution >= 0.6 is 0 Å². The Morgan fingerprint density at radius 2 is 1.61 bits per heavy atom. The largest absolute Gasteiger partial charge is 0.496 e. The molecule has 31 heavy (non-hydrogen) atoms. The number of nitrogens with one attached hydrogen (secondary N) is 1. The molecule has 1 amide bonds. The summed E-state index contributed by atoms with van der Waals surface area (Å²) in [4.78, 5) is 12.4. The van der Waals surface area contributed by atoms with Gasteiger partial charge in [0.2, 0.25) is 15.9 Å². The molecular weight excluding hydrogens is 412 g/mol. The number of hydrogen-bond donors (Lipinski definition) is 1. The highest BCUT2D eigenvalue weighted by atomic mass is 32.2. The van der Waals surface area contributed by atoms with Crippen LogP contribution in [-0.4, -0.2) is 32.8 Å². The molecule has 3 aromatic carbocycles. The molecule has 7 heteroatoms. The number of amides is 1. The van der Waals surface area contributed by atoms with Gasteiger partial charge in [0, 0.05) is 30.9 Å². The van der Waals surface area contributed by atoms with E-state index in [1.807, 2.05) is 54.6 Å². The van der Waals surface area contributed by atoms with Gasteiger partial charge < -0.3 is 10.1 Å². The molecule has 0 bridgehead atoms. The summed E-state index contributed by atoms with van der Waals surface area (Å²) in [6, 6.07) is 22.8. The number of para-hydroxylation sites is 1. The van der Waals surface area contributed by atoms with Crippen molar-refractivity contribution >= 4 is 27.7 Å². The van der Waals surface area contributed by atoms with Crippen LogP contribution in [0.5, 0.6) is 5.75 Å². The maximum absolute atomic E-state index is 12.8. The Bertz CT molecular complexity index is 1160. The zero-order chi connectivity index (χ0) is 22.3. The molecule has 160 valence electrons. The summed E-state index contributed by atoms with van der Waals surface area (Å²) in [5.74, 6) is 0.337. The fourth-order valence-electron chi connectivity index (χ4n) is 2.97. The van der Waals surface area contributed by atoms with Crippen LogP contribution in [0.25, 0.3) is 6.08 Å².